The van der Waals surface area contributed by atoms with Gasteiger partial charge in [-0.05, 0) is 6.42 Å². The Balaban J connectivity index is 0. The van der Waals surface area contributed by atoms with Crippen molar-refractivity contribution in [2.75, 3.05) is 5.88 Å². The predicted molar refractivity (Wildman–Crippen MR) is 40.1 cm³/mol. The molecule has 0 atom stereocenters. The number of rotatable bonds is 3. The van der Waals surface area contributed by atoms with Gasteiger partial charge in [-0.3, -0.25) is 0 Å². The fourth-order valence-electron chi connectivity index (χ4n) is 0.344. The maximum Gasteiger partial charge on any atom is 0.255 e. The van der Waals surface area contributed by atoms with Crippen molar-refractivity contribution in [3.63, 3.8) is 0 Å². The van der Waals surface area contributed by atoms with Crippen LogP contribution in [0.4, 0.5) is 7.77 Å². The number of unbranched alkanes of at least 4 members (excludes halogenated alkanes) is 2. The number of hydrogen-bond donors (Lipinski definition) is 0. The largest absolute Gasteiger partial charge is 0.255 e. The molecule has 0 aromatic heterocycles. The number of halogens is 3. The van der Waals surface area contributed by atoms with Gasteiger partial charge in [0, 0.05) is 5.88 Å². The van der Waals surface area contributed by atoms with Crippen molar-refractivity contribution in [2.24, 2.45) is 0 Å². The van der Waals surface area contributed by atoms with Gasteiger partial charge >= 0.3 is 0 Å². The van der Waals surface area contributed by atoms with Crippen molar-refractivity contribution in [3.05, 3.63) is 0 Å². The van der Waals surface area contributed by atoms with E-state index in [9.17, 15) is 7.77 Å². The van der Waals surface area contributed by atoms with E-state index < -0.39 is 12.5 Å². The molecule has 0 saturated heterocycles. The van der Waals surface area contributed by atoms with Crippen molar-refractivity contribution in [3.8, 4) is 0 Å². The normalized spacial score (nSPS) is 8.00. The molecule has 0 amide bonds. The minimum Gasteiger partial charge on any atom is -0.127 e. The summed E-state index contributed by atoms with van der Waals surface area (Å²) in [4.78, 5) is 0. The van der Waals surface area contributed by atoms with E-state index in [0.29, 0.717) is 0 Å². The van der Waals surface area contributed by atoms with Crippen LogP contribution in [-0.2, 0) is 0 Å². The maximum atomic E-state index is 9.54. The lowest BCUT2D eigenvalue weighted by Gasteiger charge is -1.84. The van der Waals surface area contributed by atoms with E-state index in [0.717, 1.165) is 5.88 Å². The van der Waals surface area contributed by atoms with Crippen LogP contribution in [0.25, 0.3) is 0 Å². The highest BCUT2D eigenvalue weighted by Gasteiger charge is 1.76. The van der Waals surface area contributed by atoms with Crippen molar-refractivity contribution in [1.82, 2.24) is 0 Å². The van der Waals surface area contributed by atoms with Crippen LogP contribution in [0, 0.1) is 0 Å². The molecule has 9 heavy (non-hydrogen) atoms. The molecular weight excluding hydrogens is 166 g/mol. The summed E-state index contributed by atoms with van der Waals surface area (Å²) in [7, 11) is 0. The average Bonchev–Trinajstić information content (AvgIpc) is 1.86. The second-order valence-electron chi connectivity index (χ2n) is 1.45. The molecule has 0 nitrogen and oxygen atoms in total. The Morgan fingerprint density at radius 2 is 1.78 bits per heavy atom. The van der Waals surface area contributed by atoms with Gasteiger partial charge in [0.25, 0.3) is 12.5 Å². The summed E-state index contributed by atoms with van der Waals surface area (Å²) >= 11 is 4.13. The zero-order valence-electron chi connectivity index (χ0n) is 5.37. The van der Waals surface area contributed by atoms with Crippen molar-refractivity contribution in [1.29, 1.82) is 0 Å². The van der Waals surface area contributed by atoms with E-state index in [-0.39, 0.29) is 0 Å². The average molecular weight is 177 g/mol. The maximum absolute atomic E-state index is 9.54. The third kappa shape index (κ3) is 29.3. The van der Waals surface area contributed by atoms with Gasteiger partial charge in [-0.15, -0.1) is 19.4 Å². The third-order valence-corrected chi connectivity index (χ3v) is 1.00. The van der Waals surface area contributed by atoms with E-state index >= 15 is 0 Å². The minimum absolute atomic E-state index is 0.827. The molecular formula is C5H11ClF2S. The van der Waals surface area contributed by atoms with Crippen LogP contribution in [0.5, 0.6) is 0 Å². The van der Waals surface area contributed by atoms with Gasteiger partial charge in [-0.2, -0.15) is 0 Å². The zero-order chi connectivity index (χ0) is 7.54. The first-order valence-corrected chi connectivity index (χ1v) is 3.93. The quantitative estimate of drug-likeness (QED) is 0.464. The van der Waals surface area contributed by atoms with Gasteiger partial charge in [0.15, 0.2) is 0 Å². The van der Waals surface area contributed by atoms with Gasteiger partial charge in [0.1, 0.15) is 0 Å². The molecule has 0 fully saturated rings. The number of hydrogen-bond acceptors (Lipinski definition) is 1. The van der Waals surface area contributed by atoms with Crippen molar-refractivity contribution < 1.29 is 7.77 Å². The Morgan fingerprint density at radius 1 is 1.33 bits per heavy atom. The highest BCUT2D eigenvalue weighted by molar-refractivity contribution is 7.89. The third-order valence-electron chi connectivity index (χ3n) is 0.737. The molecule has 0 heterocycles. The Hall–Kier alpha value is 0.500. The highest BCUT2D eigenvalue weighted by Crippen LogP contribution is 1.95. The molecule has 0 aromatic rings. The molecule has 0 radical (unpaired) electrons. The summed E-state index contributed by atoms with van der Waals surface area (Å²) in [6.07, 6.45) is 3.73. The first-order valence-electron chi connectivity index (χ1n) is 2.78. The van der Waals surface area contributed by atoms with E-state index in [1.54, 1.807) is 0 Å². The summed E-state index contributed by atoms with van der Waals surface area (Å²) in [5.74, 6) is 0.827. The van der Waals surface area contributed by atoms with Crippen LogP contribution in [0.3, 0.4) is 0 Å². The lowest BCUT2D eigenvalue weighted by Crippen LogP contribution is -1.70. The van der Waals surface area contributed by atoms with Gasteiger partial charge in [0.05, 0.1) is 0 Å². The molecule has 0 aromatic carbocycles. The summed E-state index contributed by atoms with van der Waals surface area (Å²) < 4.78 is 19.1. The van der Waals surface area contributed by atoms with E-state index in [1.165, 1.54) is 19.3 Å². The van der Waals surface area contributed by atoms with Crippen LogP contribution < -0.4 is 0 Å². The van der Waals surface area contributed by atoms with Crippen LogP contribution in [0.2, 0.25) is 0 Å². The molecule has 0 unspecified atom stereocenters. The van der Waals surface area contributed by atoms with Crippen molar-refractivity contribution in [2.45, 2.75) is 26.2 Å². The summed E-state index contributed by atoms with van der Waals surface area (Å²) in [5, 5.41) is 0. The smallest absolute Gasteiger partial charge is 0.127 e. The Labute approximate surface area is 64.6 Å². The van der Waals surface area contributed by atoms with Gasteiger partial charge < -0.3 is 0 Å². The molecule has 58 valence electrons. The summed E-state index contributed by atoms with van der Waals surface area (Å²) in [6, 6.07) is 0. The zero-order valence-corrected chi connectivity index (χ0v) is 6.94. The van der Waals surface area contributed by atoms with Gasteiger partial charge in [-0.1, -0.05) is 19.8 Å². The van der Waals surface area contributed by atoms with Crippen LogP contribution in [0.1, 0.15) is 26.2 Å². The van der Waals surface area contributed by atoms with Crippen molar-refractivity contribution >= 4 is 24.1 Å². The molecule has 4 heteroatoms. The topological polar surface area (TPSA) is 0 Å². The lowest BCUT2D eigenvalue weighted by atomic mass is 10.3. The molecule has 0 saturated carbocycles. The summed E-state index contributed by atoms with van der Waals surface area (Å²) in [6.45, 7) is 2.17. The van der Waals surface area contributed by atoms with Gasteiger partial charge in [0.2, 0.25) is 0 Å². The molecule has 0 aliphatic heterocycles. The predicted octanol–water partition coefficient (Wildman–Crippen LogP) is 3.90. The minimum atomic E-state index is -1.25. The summed E-state index contributed by atoms with van der Waals surface area (Å²) in [5.41, 5.74) is 0. The molecule has 0 N–H and O–H groups in total. The van der Waals surface area contributed by atoms with Crippen LogP contribution in [-0.4, -0.2) is 5.88 Å². The molecule has 0 spiro atoms. The van der Waals surface area contributed by atoms with Crippen LogP contribution >= 0.6 is 24.1 Å². The highest BCUT2D eigenvalue weighted by atomic mass is 35.5. The monoisotopic (exact) mass is 176 g/mol. The molecule has 0 aliphatic rings. The Morgan fingerprint density at radius 3 is 1.89 bits per heavy atom. The SMILES string of the molecule is CCCCCCl.FSF. The van der Waals surface area contributed by atoms with E-state index in [1.807, 2.05) is 0 Å². The Bertz CT molecular complexity index is 34.1. The first kappa shape index (κ1) is 12.2. The molecule has 0 aliphatic carbocycles. The van der Waals surface area contributed by atoms with Crippen LogP contribution in [0.15, 0.2) is 0 Å². The van der Waals surface area contributed by atoms with E-state index in [2.05, 4.69) is 6.92 Å². The fraction of sp³-hybridized carbons (Fsp3) is 1.00. The second-order valence-corrected chi connectivity index (χ2v) is 1.95. The second kappa shape index (κ2) is 15.8. The standard InChI is InChI=1S/C5H11Cl.F2S/c1-2-3-4-5-6;1-3-2/h2-5H2,1H3;. The Kier molecular flexibility index (Phi) is 21.4. The number of alkyl halides is 1. The lowest BCUT2D eigenvalue weighted by molar-refractivity contribution is 0.776. The van der Waals surface area contributed by atoms with E-state index in [4.69, 9.17) is 11.6 Å². The molecule has 0 rings (SSSR count). The first-order chi connectivity index (χ1) is 4.33. The molecule has 0 bridgehead atoms. The van der Waals surface area contributed by atoms with Gasteiger partial charge in [-0.25, -0.2) is 0 Å². The fourth-order valence-corrected chi connectivity index (χ4v) is 0.533.